The van der Waals surface area contributed by atoms with Gasteiger partial charge in [-0.05, 0) is 17.5 Å². The summed E-state index contributed by atoms with van der Waals surface area (Å²) in [7, 11) is 0. The van der Waals surface area contributed by atoms with Crippen molar-refractivity contribution in [2.75, 3.05) is 13.2 Å². The molecular formula is C15H20N2O4. The molecule has 5 atom stereocenters. The first-order valence-corrected chi connectivity index (χ1v) is 7.20. The maximum atomic E-state index is 12.2. The van der Waals surface area contributed by atoms with Crippen LogP contribution in [0.25, 0.3) is 0 Å². The molecule has 1 heterocycles. The van der Waals surface area contributed by atoms with Gasteiger partial charge in [0.05, 0.1) is 36.8 Å². The van der Waals surface area contributed by atoms with Crippen molar-refractivity contribution in [3.8, 4) is 0 Å². The Kier molecular flexibility index (Phi) is 3.95. The molecule has 5 N–H and O–H groups in total. The van der Waals surface area contributed by atoms with Crippen LogP contribution in [-0.4, -0.2) is 58.7 Å². The van der Waals surface area contributed by atoms with Crippen molar-refractivity contribution in [1.29, 1.82) is 0 Å². The number of carbonyl (C=O) groups excluding carboxylic acids is 1. The normalized spacial score (nSPS) is 34.1. The SMILES string of the molecule is O=C(NC[C@@H]1N[C@H](CO)[C@H](O)[C@@H]1O)C1Cc2ccccc21. The minimum Gasteiger partial charge on any atom is -0.395 e. The van der Waals surface area contributed by atoms with Gasteiger partial charge in [-0.25, -0.2) is 0 Å². The molecule has 114 valence electrons. The summed E-state index contributed by atoms with van der Waals surface area (Å²) in [5, 5.41) is 34.4. The molecule has 2 aliphatic rings. The zero-order valence-electron chi connectivity index (χ0n) is 11.6. The van der Waals surface area contributed by atoms with E-state index in [-0.39, 0.29) is 25.0 Å². The smallest absolute Gasteiger partial charge is 0.227 e. The average molecular weight is 292 g/mol. The first kappa shape index (κ1) is 14.5. The van der Waals surface area contributed by atoms with Crippen LogP contribution in [0.4, 0.5) is 0 Å². The van der Waals surface area contributed by atoms with E-state index < -0.39 is 24.3 Å². The van der Waals surface area contributed by atoms with Crippen LogP contribution in [0, 0.1) is 0 Å². The molecule has 1 aromatic carbocycles. The quantitative estimate of drug-likeness (QED) is 0.465. The standard InChI is InChI=1S/C15H20N2O4/c18-7-12-14(20)13(19)11(17-12)6-16-15(21)10-5-8-3-1-2-4-9(8)10/h1-4,10-14,17-20H,5-7H2,(H,16,21)/t10?,11-,12+,13+,14-/m0/s1. The van der Waals surface area contributed by atoms with Gasteiger partial charge in [0.25, 0.3) is 0 Å². The molecule has 0 aromatic heterocycles. The van der Waals surface area contributed by atoms with Crippen LogP contribution in [0.15, 0.2) is 24.3 Å². The number of hydrogen-bond acceptors (Lipinski definition) is 5. The average Bonchev–Trinajstić information content (AvgIpc) is 2.74. The molecule has 1 amide bonds. The third-order valence-electron chi connectivity index (χ3n) is 4.47. The maximum Gasteiger partial charge on any atom is 0.227 e. The third kappa shape index (κ3) is 2.55. The second-order valence-electron chi connectivity index (χ2n) is 5.74. The molecule has 0 radical (unpaired) electrons. The molecule has 3 rings (SSSR count). The van der Waals surface area contributed by atoms with Crippen LogP contribution in [0.5, 0.6) is 0 Å². The van der Waals surface area contributed by atoms with Gasteiger partial charge in [0.2, 0.25) is 5.91 Å². The van der Waals surface area contributed by atoms with Gasteiger partial charge in [0.1, 0.15) is 0 Å². The van der Waals surface area contributed by atoms with Gasteiger partial charge < -0.3 is 26.0 Å². The van der Waals surface area contributed by atoms with E-state index in [0.717, 1.165) is 12.0 Å². The number of amides is 1. The topological polar surface area (TPSA) is 102 Å². The van der Waals surface area contributed by atoms with Crippen molar-refractivity contribution >= 4 is 5.91 Å². The van der Waals surface area contributed by atoms with Gasteiger partial charge in [0, 0.05) is 6.54 Å². The van der Waals surface area contributed by atoms with Crippen molar-refractivity contribution in [1.82, 2.24) is 10.6 Å². The summed E-state index contributed by atoms with van der Waals surface area (Å²) in [6.07, 6.45) is -1.26. The number of nitrogens with one attached hydrogen (secondary N) is 2. The Bertz CT molecular complexity index is 536. The second kappa shape index (κ2) is 5.73. The predicted octanol–water partition coefficient (Wildman–Crippen LogP) is -1.50. The number of benzene rings is 1. The molecule has 1 aliphatic heterocycles. The molecule has 6 nitrogen and oxygen atoms in total. The number of aliphatic hydroxyl groups excluding tert-OH is 3. The Balaban J connectivity index is 1.54. The monoisotopic (exact) mass is 292 g/mol. The molecule has 1 aliphatic carbocycles. The minimum absolute atomic E-state index is 0.0651. The summed E-state index contributed by atoms with van der Waals surface area (Å²) < 4.78 is 0. The van der Waals surface area contributed by atoms with Gasteiger partial charge in [-0.1, -0.05) is 24.3 Å². The van der Waals surface area contributed by atoms with E-state index in [4.69, 9.17) is 5.11 Å². The molecule has 1 aromatic rings. The van der Waals surface area contributed by atoms with Gasteiger partial charge >= 0.3 is 0 Å². The highest BCUT2D eigenvalue weighted by atomic mass is 16.3. The van der Waals surface area contributed by atoms with Crippen molar-refractivity contribution in [3.63, 3.8) is 0 Å². The van der Waals surface area contributed by atoms with Crippen LogP contribution < -0.4 is 10.6 Å². The summed E-state index contributed by atoms with van der Waals surface area (Å²) >= 11 is 0. The summed E-state index contributed by atoms with van der Waals surface area (Å²) in [6, 6.07) is 6.86. The van der Waals surface area contributed by atoms with Crippen LogP contribution in [0.1, 0.15) is 17.0 Å². The molecule has 0 spiro atoms. The molecule has 0 saturated carbocycles. The fraction of sp³-hybridized carbons (Fsp3) is 0.533. The first-order chi connectivity index (χ1) is 10.1. The van der Waals surface area contributed by atoms with Crippen LogP contribution in [0.3, 0.4) is 0 Å². The number of fused-ring (bicyclic) bond motifs is 1. The van der Waals surface area contributed by atoms with Crippen molar-refractivity contribution in [3.05, 3.63) is 35.4 Å². The number of carbonyl (C=O) groups is 1. The highest BCUT2D eigenvalue weighted by Gasteiger charge is 2.41. The maximum absolute atomic E-state index is 12.2. The number of aliphatic hydroxyl groups is 3. The Hall–Kier alpha value is -1.47. The molecule has 6 heteroatoms. The fourth-order valence-corrected chi connectivity index (χ4v) is 3.12. The Morgan fingerprint density at radius 3 is 2.62 bits per heavy atom. The van der Waals surface area contributed by atoms with E-state index in [1.807, 2.05) is 24.3 Å². The summed E-state index contributed by atoms with van der Waals surface area (Å²) in [5.74, 6) is -0.192. The molecule has 21 heavy (non-hydrogen) atoms. The van der Waals surface area contributed by atoms with E-state index in [1.54, 1.807) is 0 Å². The largest absolute Gasteiger partial charge is 0.395 e. The highest BCUT2D eigenvalue weighted by molar-refractivity contribution is 5.86. The lowest BCUT2D eigenvalue weighted by atomic mass is 9.77. The lowest BCUT2D eigenvalue weighted by Crippen LogP contribution is -2.46. The molecule has 0 bridgehead atoms. The second-order valence-corrected chi connectivity index (χ2v) is 5.74. The zero-order chi connectivity index (χ0) is 15.0. The minimum atomic E-state index is -1.01. The van der Waals surface area contributed by atoms with Crippen molar-refractivity contribution in [2.24, 2.45) is 0 Å². The fourth-order valence-electron chi connectivity index (χ4n) is 3.12. The number of hydrogen-bond donors (Lipinski definition) is 5. The number of rotatable bonds is 4. The first-order valence-electron chi connectivity index (χ1n) is 7.20. The summed E-state index contributed by atoms with van der Waals surface area (Å²) in [4.78, 5) is 12.2. The lowest BCUT2D eigenvalue weighted by molar-refractivity contribution is -0.123. The Morgan fingerprint density at radius 1 is 1.24 bits per heavy atom. The van der Waals surface area contributed by atoms with Crippen LogP contribution >= 0.6 is 0 Å². The van der Waals surface area contributed by atoms with Gasteiger partial charge in [0.15, 0.2) is 0 Å². The van der Waals surface area contributed by atoms with Gasteiger partial charge in [-0.3, -0.25) is 4.79 Å². The van der Waals surface area contributed by atoms with Gasteiger partial charge in [-0.2, -0.15) is 0 Å². The molecule has 1 saturated heterocycles. The van der Waals surface area contributed by atoms with Crippen LogP contribution in [0.2, 0.25) is 0 Å². The predicted molar refractivity (Wildman–Crippen MR) is 75.7 cm³/mol. The van der Waals surface area contributed by atoms with E-state index >= 15 is 0 Å². The highest BCUT2D eigenvalue weighted by Crippen LogP contribution is 2.34. The van der Waals surface area contributed by atoms with Crippen molar-refractivity contribution in [2.45, 2.75) is 36.6 Å². The summed E-state index contributed by atoms with van der Waals surface area (Å²) in [5.41, 5.74) is 2.26. The lowest BCUT2D eigenvalue weighted by Gasteiger charge is -2.29. The van der Waals surface area contributed by atoms with E-state index in [9.17, 15) is 15.0 Å². The molecule has 1 unspecified atom stereocenters. The molecule has 1 fully saturated rings. The Morgan fingerprint density at radius 2 is 1.95 bits per heavy atom. The van der Waals surface area contributed by atoms with E-state index in [1.165, 1.54) is 5.56 Å². The van der Waals surface area contributed by atoms with E-state index in [0.29, 0.717) is 0 Å². The molecular weight excluding hydrogens is 272 g/mol. The Labute approximate surface area is 122 Å². The summed E-state index contributed by atoms with van der Waals surface area (Å²) in [6.45, 7) is -0.0229. The third-order valence-corrected chi connectivity index (χ3v) is 4.47. The van der Waals surface area contributed by atoms with Gasteiger partial charge in [-0.15, -0.1) is 0 Å². The zero-order valence-corrected chi connectivity index (χ0v) is 11.6. The van der Waals surface area contributed by atoms with E-state index in [2.05, 4.69) is 10.6 Å². The van der Waals surface area contributed by atoms with Crippen LogP contribution in [-0.2, 0) is 11.2 Å². The van der Waals surface area contributed by atoms with Crippen molar-refractivity contribution < 1.29 is 20.1 Å².